The number of aryl methyl sites for hydroxylation is 1. The number of amides is 1. The van der Waals surface area contributed by atoms with Crippen LogP contribution in [0.3, 0.4) is 0 Å². The topological polar surface area (TPSA) is 76.7 Å². The SMILES string of the molecule is CCc1ccc(C2c3c(-c4ccc(OC)cc4)n[nH]c3C(=O)N2CCc2ccc(OC)c(OC)c2)cc1. The summed E-state index contributed by atoms with van der Waals surface area (Å²) in [6.45, 7) is 2.68. The molecule has 37 heavy (non-hydrogen) atoms. The largest absolute Gasteiger partial charge is 0.497 e. The minimum atomic E-state index is -0.246. The second-order valence-corrected chi connectivity index (χ2v) is 9.02. The molecule has 1 aliphatic rings. The van der Waals surface area contributed by atoms with Crippen molar-refractivity contribution in [1.29, 1.82) is 0 Å². The Bertz CT molecular complexity index is 1390. The quantitative estimate of drug-likeness (QED) is 0.333. The fourth-order valence-corrected chi connectivity index (χ4v) is 4.96. The number of aromatic nitrogens is 2. The molecule has 7 heteroatoms. The second-order valence-electron chi connectivity index (χ2n) is 9.02. The summed E-state index contributed by atoms with van der Waals surface area (Å²) >= 11 is 0. The second kappa shape index (κ2) is 10.4. The van der Waals surface area contributed by atoms with Crippen molar-refractivity contribution >= 4 is 5.91 Å². The maximum Gasteiger partial charge on any atom is 0.273 e. The molecule has 0 saturated carbocycles. The Morgan fingerprint density at radius 2 is 1.57 bits per heavy atom. The van der Waals surface area contributed by atoms with Gasteiger partial charge in [-0.05, 0) is 65.9 Å². The molecule has 0 bridgehead atoms. The number of hydrogen-bond acceptors (Lipinski definition) is 5. The van der Waals surface area contributed by atoms with Crippen LogP contribution >= 0.6 is 0 Å². The highest BCUT2D eigenvalue weighted by Gasteiger charge is 2.41. The number of benzene rings is 3. The van der Waals surface area contributed by atoms with Crippen LogP contribution in [0.5, 0.6) is 17.2 Å². The molecule has 1 aromatic heterocycles. The van der Waals surface area contributed by atoms with Crippen LogP contribution < -0.4 is 14.2 Å². The monoisotopic (exact) mass is 497 g/mol. The predicted molar refractivity (Wildman–Crippen MR) is 143 cm³/mol. The summed E-state index contributed by atoms with van der Waals surface area (Å²) in [7, 11) is 4.89. The fraction of sp³-hybridized carbons (Fsp3) is 0.267. The number of carbonyl (C=O) groups excluding carboxylic acids is 1. The van der Waals surface area contributed by atoms with Crippen LogP contribution in [0.4, 0.5) is 0 Å². The number of aromatic amines is 1. The molecule has 0 aliphatic carbocycles. The number of rotatable bonds is 9. The van der Waals surface area contributed by atoms with Crippen LogP contribution in [0, 0.1) is 0 Å². The molecule has 1 amide bonds. The van der Waals surface area contributed by atoms with Gasteiger partial charge in [-0.15, -0.1) is 0 Å². The summed E-state index contributed by atoms with van der Waals surface area (Å²) < 4.78 is 16.2. The van der Waals surface area contributed by atoms with Crippen LogP contribution in [0.15, 0.2) is 66.7 Å². The van der Waals surface area contributed by atoms with Gasteiger partial charge in [-0.25, -0.2) is 0 Å². The fourth-order valence-electron chi connectivity index (χ4n) is 4.96. The van der Waals surface area contributed by atoms with E-state index >= 15 is 0 Å². The van der Waals surface area contributed by atoms with Gasteiger partial charge in [0.25, 0.3) is 5.91 Å². The Morgan fingerprint density at radius 3 is 2.22 bits per heavy atom. The highest BCUT2D eigenvalue weighted by atomic mass is 16.5. The van der Waals surface area contributed by atoms with Crippen molar-refractivity contribution in [3.05, 3.63) is 94.7 Å². The third-order valence-corrected chi connectivity index (χ3v) is 7.02. The van der Waals surface area contributed by atoms with Gasteiger partial charge in [-0.3, -0.25) is 9.89 Å². The van der Waals surface area contributed by atoms with E-state index in [9.17, 15) is 4.79 Å². The molecule has 0 radical (unpaired) electrons. The first kappa shape index (κ1) is 24.4. The molecular weight excluding hydrogens is 466 g/mol. The normalized spacial score (nSPS) is 14.5. The smallest absolute Gasteiger partial charge is 0.273 e. The van der Waals surface area contributed by atoms with Gasteiger partial charge < -0.3 is 19.1 Å². The number of carbonyl (C=O) groups is 1. The number of nitrogens with zero attached hydrogens (tertiary/aromatic N) is 2. The summed E-state index contributed by atoms with van der Waals surface area (Å²) in [5, 5.41) is 7.61. The number of ether oxygens (including phenoxy) is 3. The van der Waals surface area contributed by atoms with Crippen molar-refractivity contribution in [3.63, 3.8) is 0 Å². The average molecular weight is 498 g/mol. The molecule has 190 valence electrons. The Hall–Kier alpha value is -4.26. The molecule has 5 rings (SSSR count). The zero-order valence-electron chi connectivity index (χ0n) is 21.6. The van der Waals surface area contributed by atoms with E-state index in [1.54, 1.807) is 21.3 Å². The Labute approximate surface area is 217 Å². The van der Waals surface area contributed by atoms with Crippen molar-refractivity contribution in [1.82, 2.24) is 15.1 Å². The third-order valence-electron chi connectivity index (χ3n) is 7.02. The molecular formula is C30H31N3O4. The Kier molecular flexibility index (Phi) is 6.86. The van der Waals surface area contributed by atoms with E-state index in [1.165, 1.54) is 5.56 Å². The van der Waals surface area contributed by atoms with Crippen molar-refractivity contribution in [2.24, 2.45) is 0 Å². The molecule has 0 spiro atoms. The van der Waals surface area contributed by atoms with E-state index in [2.05, 4.69) is 41.4 Å². The molecule has 0 fully saturated rings. The third kappa shape index (κ3) is 4.53. The van der Waals surface area contributed by atoms with Crippen LogP contribution in [0.1, 0.15) is 45.7 Å². The first-order chi connectivity index (χ1) is 18.1. The number of methoxy groups -OCH3 is 3. The number of hydrogen-bond donors (Lipinski definition) is 1. The molecule has 3 aromatic carbocycles. The lowest BCUT2D eigenvalue weighted by molar-refractivity contribution is 0.0746. The molecule has 1 atom stereocenters. The standard InChI is InChI=1S/C30H31N3O4/c1-5-19-6-9-22(10-7-19)29-26-27(21-11-13-23(35-2)14-12-21)31-32-28(26)30(34)33(29)17-16-20-8-15-24(36-3)25(18-20)37-4/h6-15,18,29H,5,16-17H2,1-4H3,(H,31,32). The Balaban J connectivity index is 1.52. The maximum absolute atomic E-state index is 13.7. The van der Waals surface area contributed by atoms with Crippen LogP contribution in [0.2, 0.25) is 0 Å². The van der Waals surface area contributed by atoms with Crippen molar-refractivity contribution in [3.8, 4) is 28.5 Å². The lowest BCUT2D eigenvalue weighted by Crippen LogP contribution is -2.31. The van der Waals surface area contributed by atoms with Crippen molar-refractivity contribution < 1.29 is 19.0 Å². The Morgan fingerprint density at radius 1 is 0.865 bits per heavy atom. The van der Waals surface area contributed by atoms with E-state index in [-0.39, 0.29) is 11.9 Å². The first-order valence-electron chi connectivity index (χ1n) is 12.4. The van der Waals surface area contributed by atoms with E-state index in [0.29, 0.717) is 30.2 Å². The minimum Gasteiger partial charge on any atom is -0.497 e. The maximum atomic E-state index is 13.7. The van der Waals surface area contributed by atoms with Crippen molar-refractivity contribution in [2.45, 2.75) is 25.8 Å². The summed E-state index contributed by atoms with van der Waals surface area (Å²) in [6.07, 6.45) is 1.63. The molecule has 4 aromatic rings. The highest BCUT2D eigenvalue weighted by Crippen LogP contribution is 2.43. The summed E-state index contributed by atoms with van der Waals surface area (Å²) in [4.78, 5) is 15.6. The molecule has 2 heterocycles. The van der Waals surface area contributed by atoms with E-state index in [1.807, 2.05) is 47.4 Å². The highest BCUT2D eigenvalue weighted by molar-refractivity contribution is 6.00. The minimum absolute atomic E-state index is 0.0488. The van der Waals surface area contributed by atoms with E-state index in [4.69, 9.17) is 14.2 Å². The summed E-state index contributed by atoms with van der Waals surface area (Å²) in [5.41, 5.74) is 6.55. The molecule has 1 N–H and O–H groups in total. The van der Waals surface area contributed by atoms with Crippen LogP contribution in [-0.4, -0.2) is 48.9 Å². The van der Waals surface area contributed by atoms with Gasteiger partial charge >= 0.3 is 0 Å². The number of fused-ring (bicyclic) bond motifs is 1. The summed E-state index contributed by atoms with van der Waals surface area (Å²) in [6, 6.07) is 21.9. The number of H-pyrrole nitrogens is 1. The van der Waals surface area contributed by atoms with Gasteiger partial charge in [-0.2, -0.15) is 5.10 Å². The first-order valence-corrected chi connectivity index (χ1v) is 12.4. The van der Waals surface area contributed by atoms with Crippen LogP contribution in [0.25, 0.3) is 11.3 Å². The average Bonchev–Trinajstić information content (AvgIpc) is 3.50. The molecule has 1 aliphatic heterocycles. The summed E-state index contributed by atoms with van der Waals surface area (Å²) in [5.74, 6) is 2.08. The van der Waals surface area contributed by atoms with Crippen molar-refractivity contribution in [2.75, 3.05) is 27.9 Å². The van der Waals surface area contributed by atoms with Crippen LogP contribution in [-0.2, 0) is 12.8 Å². The van der Waals surface area contributed by atoms with Gasteiger partial charge in [0.1, 0.15) is 11.4 Å². The van der Waals surface area contributed by atoms with Gasteiger partial charge in [0.15, 0.2) is 11.5 Å². The molecule has 1 unspecified atom stereocenters. The van der Waals surface area contributed by atoms with Gasteiger partial charge in [-0.1, -0.05) is 37.3 Å². The zero-order chi connectivity index (χ0) is 25.9. The molecule has 0 saturated heterocycles. The van der Waals surface area contributed by atoms with Gasteiger partial charge in [0.2, 0.25) is 0 Å². The van der Waals surface area contributed by atoms with E-state index < -0.39 is 0 Å². The van der Waals surface area contributed by atoms with E-state index in [0.717, 1.165) is 40.1 Å². The lowest BCUT2D eigenvalue weighted by atomic mass is 9.95. The predicted octanol–water partition coefficient (Wildman–Crippen LogP) is 5.45. The van der Waals surface area contributed by atoms with Gasteiger partial charge in [0.05, 0.1) is 33.1 Å². The lowest BCUT2D eigenvalue weighted by Gasteiger charge is -2.27. The molecule has 7 nitrogen and oxygen atoms in total. The number of nitrogens with one attached hydrogen (secondary N) is 1. The van der Waals surface area contributed by atoms with Gasteiger partial charge in [0, 0.05) is 17.7 Å². The zero-order valence-corrected chi connectivity index (χ0v) is 21.6.